The van der Waals surface area contributed by atoms with E-state index in [9.17, 15) is 4.79 Å². The first-order valence-corrected chi connectivity index (χ1v) is 10.8. The molecular formula is C22H22ClN3OS. The zero-order valence-corrected chi connectivity index (χ0v) is 17.0. The topological polar surface area (TPSA) is 54.0 Å². The highest BCUT2D eigenvalue weighted by molar-refractivity contribution is 7.10. The minimum atomic E-state index is -0.171. The molecule has 0 radical (unpaired) electrons. The lowest BCUT2D eigenvalue weighted by Gasteiger charge is -2.11. The van der Waals surface area contributed by atoms with Crippen molar-refractivity contribution in [3.8, 4) is 11.1 Å². The van der Waals surface area contributed by atoms with Crippen LogP contribution in [0.4, 0.5) is 5.69 Å². The van der Waals surface area contributed by atoms with Crippen molar-refractivity contribution >= 4 is 34.5 Å². The molecule has 28 heavy (non-hydrogen) atoms. The zero-order chi connectivity index (χ0) is 19.3. The van der Waals surface area contributed by atoms with Crippen molar-refractivity contribution in [2.24, 2.45) is 0 Å². The Balaban J connectivity index is 1.52. The van der Waals surface area contributed by atoms with Crippen molar-refractivity contribution in [1.29, 1.82) is 0 Å². The van der Waals surface area contributed by atoms with Gasteiger partial charge in [-0.3, -0.25) is 4.79 Å². The van der Waals surface area contributed by atoms with E-state index in [0.29, 0.717) is 16.6 Å². The maximum absolute atomic E-state index is 12.8. The summed E-state index contributed by atoms with van der Waals surface area (Å²) in [7, 11) is 0. The van der Waals surface area contributed by atoms with Crippen LogP contribution in [0, 0.1) is 0 Å². The third-order valence-corrected chi connectivity index (χ3v) is 6.27. The van der Waals surface area contributed by atoms with Gasteiger partial charge in [0.15, 0.2) is 0 Å². The van der Waals surface area contributed by atoms with Gasteiger partial charge in [0.25, 0.3) is 5.91 Å². The molecular weight excluding hydrogens is 390 g/mol. The molecule has 3 aromatic rings. The van der Waals surface area contributed by atoms with Crippen LogP contribution >= 0.6 is 22.9 Å². The first-order chi connectivity index (χ1) is 13.7. The summed E-state index contributed by atoms with van der Waals surface area (Å²) in [5.41, 5.74) is 3.22. The van der Waals surface area contributed by atoms with Gasteiger partial charge in [0, 0.05) is 27.6 Å². The maximum Gasteiger partial charge on any atom is 0.275 e. The van der Waals surface area contributed by atoms with E-state index in [2.05, 4.69) is 15.6 Å². The average Bonchev–Trinajstić information content (AvgIpc) is 3.05. The number of benzene rings is 2. The third kappa shape index (κ3) is 4.43. The highest BCUT2D eigenvalue weighted by atomic mass is 35.5. The van der Waals surface area contributed by atoms with Crippen LogP contribution in [0.1, 0.15) is 40.7 Å². The summed E-state index contributed by atoms with van der Waals surface area (Å²) in [4.78, 5) is 17.5. The first-order valence-electron chi connectivity index (χ1n) is 9.53. The number of carbonyl (C=O) groups excluding carboxylic acids is 1. The molecule has 1 aromatic heterocycles. The van der Waals surface area contributed by atoms with E-state index in [4.69, 9.17) is 11.6 Å². The molecule has 1 unspecified atom stereocenters. The molecule has 2 heterocycles. The molecule has 1 saturated heterocycles. The van der Waals surface area contributed by atoms with Crippen LogP contribution in [0.15, 0.2) is 53.9 Å². The van der Waals surface area contributed by atoms with E-state index in [1.807, 2.05) is 53.9 Å². The zero-order valence-electron chi connectivity index (χ0n) is 15.5. The number of halogens is 1. The molecule has 1 aliphatic heterocycles. The number of carbonyl (C=O) groups is 1. The van der Waals surface area contributed by atoms with Gasteiger partial charge < -0.3 is 10.6 Å². The predicted octanol–water partition coefficient (Wildman–Crippen LogP) is 5.57. The fourth-order valence-electron chi connectivity index (χ4n) is 3.51. The van der Waals surface area contributed by atoms with Gasteiger partial charge >= 0.3 is 0 Å². The van der Waals surface area contributed by atoms with Crippen molar-refractivity contribution in [2.75, 3.05) is 18.4 Å². The van der Waals surface area contributed by atoms with Crippen LogP contribution in [0.25, 0.3) is 11.1 Å². The second kappa shape index (κ2) is 8.86. The molecule has 4 nitrogen and oxygen atoms in total. The van der Waals surface area contributed by atoms with Gasteiger partial charge in [0.1, 0.15) is 5.69 Å². The maximum atomic E-state index is 12.8. The Morgan fingerprint density at radius 2 is 1.93 bits per heavy atom. The molecule has 0 spiro atoms. The highest BCUT2D eigenvalue weighted by Crippen LogP contribution is 2.31. The number of nitrogens with one attached hydrogen (secondary N) is 2. The Morgan fingerprint density at radius 3 is 2.79 bits per heavy atom. The van der Waals surface area contributed by atoms with E-state index in [0.717, 1.165) is 54.2 Å². The lowest BCUT2D eigenvalue weighted by atomic mass is 10.0. The van der Waals surface area contributed by atoms with Crippen LogP contribution in [0.5, 0.6) is 0 Å². The van der Waals surface area contributed by atoms with Gasteiger partial charge in [-0.25, -0.2) is 4.98 Å². The van der Waals surface area contributed by atoms with E-state index in [1.165, 1.54) is 0 Å². The Morgan fingerprint density at radius 1 is 1.11 bits per heavy atom. The molecule has 2 aromatic carbocycles. The third-order valence-electron chi connectivity index (χ3n) is 5.01. The number of hydrogen-bond acceptors (Lipinski definition) is 4. The highest BCUT2D eigenvalue weighted by Gasteiger charge is 2.20. The van der Waals surface area contributed by atoms with Gasteiger partial charge in [0.05, 0.1) is 5.01 Å². The van der Waals surface area contributed by atoms with Gasteiger partial charge in [-0.05, 0) is 56.1 Å². The Hall–Kier alpha value is -2.21. The summed E-state index contributed by atoms with van der Waals surface area (Å²) < 4.78 is 0. The molecule has 6 heteroatoms. The van der Waals surface area contributed by atoms with E-state index in [1.54, 1.807) is 11.3 Å². The molecule has 144 valence electrons. The minimum absolute atomic E-state index is 0.171. The average molecular weight is 412 g/mol. The molecule has 1 aliphatic rings. The number of anilines is 1. The molecule has 0 aliphatic carbocycles. The van der Waals surface area contributed by atoms with Crippen LogP contribution in [-0.2, 0) is 0 Å². The molecule has 1 fully saturated rings. The first kappa shape index (κ1) is 19.1. The second-order valence-electron chi connectivity index (χ2n) is 6.96. The van der Waals surface area contributed by atoms with Crippen LogP contribution in [0.2, 0.25) is 5.02 Å². The molecule has 0 saturated carbocycles. The largest absolute Gasteiger partial charge is 0.320 e. The number of nitrogens with zero attached hydrogens (tertiary/aromatic N) is 1. The number of hydrogen-bond donors (Lipinski definition) is 2. The summed E-state index contributed by atoms with van der Waals surface area (Å²) >= 11 is 7.59. The Kier molecular flexibility index (Phi) is 6.05. The smallest absolute Gasteiger partial charge is 0.275 e. The van der Waals surface area contributed by atoms with Crippen LogP contribution < -0.4 is 10.6 Å². The molecule has 4 rings (SSSR count). The predicted molar refractivity (Wildman–Crippen MR) is 116 cm³/mol. The normalized spacial score (nSPS) is 17.1. The molecule has 0 bridgehead atoms. The lowest BCUT2D eigenvalue weighted by molar-refractivity contribution is 0.102. The second-order valence-corrected chi connectivity index (χ2v) is 8.28. The molecule has 1 atom stereocenters. The lowest BCUT2D eigenvalue weighted by Crippen LogP contribution is -2.14. The minimum Gasteiger partial charge on any atom is -0.320 e. The van der Waals surface area contributed by atoms with Crippen molar-refractivity contribution in [2.45, 2.75) is 25.2 Å². The standard InChI is InChI=1S/C22H22ClN3OS/c23-17-9-7-15(8-10-17)18-5-1-2-6-19(18)25-21(27)20-14-28-22(26-20)16-4-3-12-24-13-11-16/h1-2,5-10,14,16,24H,3-4,11-13H2,(H,25,27). The van der Waals surface area contributed by atoms with Crippen LogP contribution in [-0.4, -0.2) is 24.0 Å². The SMILES string of the molecule is O=C(Nc1ccccc1-c1ccc(Cl)cc1)c1csc(C2CCCNCC2)n1. The Bertz CT molecular complexity index is 946. The monoisotopic (exact) mass is 411 g/mol. The van der Waals surface area contributed by atoms with Crippen LogP contribution in [0.3, 0.4) is 0 Å². The fraction of sp³-hybridized carbons (Fsp3) is 0.273. The number of aromatic nitrogens is 1. The fourth-order valence-corrected chi connectivity index (χ4v) is 4.60. The number of amides is 1. The van der Waals surface area contributed by atoms with E-state index in [-0.39, 0.29) is 5.91 Å². The van der Waals surface area contributed by atoms with Gasteiger partial charge in [-0.2, -0.15) is 0 Å². The van der Waals surface area contributed by atoms with E-state index >= 15 is 0 Å². The van der Waals surface area contributed by atoms with Crippen molar-refractivity contribution < 1.29 is 4.79 Å². The van der Waals surface area contributed by atoms with Crippen molar-refractivity contribution in [3.05, 3.63) is 69.6 Å². The number of rotatable bonds is 4. The van der Waals surface area contributed by atoms with Gasteiger partial charge in [0.2, 0.25) is 0 Å². The van der Waals surface area contributed by atoms with Crippen molar-refractivity contribution in [1.82, 2.24) is 10.3 Å². The summed E-state index contributed by atoms with van der Waals surface area (Å²) in [6.07, 6.45) is 3.36. The van der Waals surface area contributed by atoms with E-state index < -0.39 is 0 Å². The summed E-state index contributed by atoms with van der Waals surface area (Å²) in [6, 6.07) is 15.4. The molecule has 1 amide bonds. The number of para-hydroxylation sites is 1. The summed E-state index contributed by atoms with van der Waals surface area (Å²) in [5.74, 6) is 0.276. The molecule has 2 N–H and O–H groups in total. The summed E-state index contributed by atoms with van der Waals surface area (Å²) in [5, 5.41) is 10.1. The quantitative estimate of drug-likeness (QED) is 0.589. The Labute approximate surface area is 174 Å². The van der Waals surface area contributed by atoms with Gasteiger partial charge in [-0.1, -0.05) is 41.9 Å². The van der Waals surface area contributed by atoms with Gasteiger partial charge in [-0.15, -0.1) is 11.3 Å². The summed E-state index contributed by atoms with van der Waals surface area (Å²) in [6.45, 7) is 2.08. The number of thiazole rings is 1. The van der Waals surface area contributed by atoms with Crippen molar-refractivity contribution in [3.63, 3.8) is 0 Å².